The second-order valence-electron chi connectivity index (χ2n) is 4.72. The maximum absolute atomic E-state index is 10.3. The molecule has 0 aliphatic carbocycles. The molecule has 1 aromatic carbocycles. The summed E-state index contributed by atoms with van der Waals surface area (Å²) in [6, 6.07) is 6.23. The van der Waals surface area contributed by atoms with E-state index in [1.165, 1.54) is 16.7 Å². The molecular weight excluding hydrogens is 224 g/mol. The molecule has 2 aromatic rings. The number of hydrogen-bond donors (Lipinski definition) is 1. The van der Waals surface area contributed by atoms with Crippen LogP contribution in [0.3, 0.4) is 0 Å². The molecule has 18 heavy (non-hydrogen) atoms. The van der Waals surface area contributed by atoms with E-state index < -0.39 is 6.10 Å². The topological polar surface area (TPSA) is 38.0 Å². The molecule has 3 heteroatoms. The van der Waals surface area contributed by atoms with Crippen LogP contribution in [-0.2, 0) is 13.0 Å². The van der Waals surface area contributed by atoms with Gasteiger partial charge in [-0.3, -0.25) is 4.68 Å². The van der Waals surface area contributed by atoms with E-state index in [0.29, 0.717) is 6.42 Å². The molecule has 0 aliphatic heterocycles. The second kappa shape index (κ2) is 5.36. The molecule has 0 fully saturated rings. The summed E-state index contributed by atoms with van der Waals surface area (Å²) in [5.74, 6) is 0. The van der Waals surface area contributed by atoms with Gasteiger partial charge in [-0.2, -0.15) is 5.10 Å². The Kier molecular flexibility index (Phi) is 3.82. The Morgan fingerprint density at radius 3 is 2.50 bits per heavy atom. The van der Waals surface area contributed by atoms with Gasteiger partial charge in [-0.15, -0.1) is 0 Å². The molecular formula is C15H20N2O. The van der Waals surface area contributed by atoms with Crippen LogP contribution in [0.4, 0.5) is 0 Å². The van der Waals surface area contributed by atoms with Gasteiger partial charge in [-0.05, 0) is 37.5 Å². The van der Waals surface area contributed by atoms with Crippen LogP contribution >= 0.6 is 0 Å². The summed E-state index contributed by atoms with van der Waals surface area (Å²) < 4.78 is 1.84. The van der Waals surface area contributed by atoms with Gasteiger partial charge in [0, 0.05) is 24.7 Å². The fourth-order valence-electron chi connectivity index (χ4n) is 2.21. The quantitative estimate of drug-likeness (QED) is 0.898. The van der Waals surface area contributed by atoms with E-state index in [1.807, 2.05) is 17.8 Å². The molecule has 96 valence electrons. The highest BCUT2D eigenvalue weighted by molar-refractivity contribution is 5.34. The maximum atomic E-state index is 10.3. The predicted molar refractivity (Wildman–Crippen MR) is 72.5 cm³/mol. The average Bonchev–Trinajstić information content (AvgIpc) is 2.82. The van der Waals surface area contributed by atoms with Crippen molar-refractivity contribution in [1.82, 2.24) is 9.78 Å². The van der Waals surface area contributed by atoms with Gasteiger partial charge < -0.3 is 5.11 Å². The van der Waals surface area contributed by atoms with Crippen LogP contribution in [-0.4, -0.2) is 14.9 Å². The van der Waals surface area contributed by atoms with E-state index in [0.717, 1.165) is 12.1 Å². The number of hydrogen-bond acceptors (Lipinski definition) is 2. The molecule has 1 heterocycles. The first-order valence-electron chi connectivity index (χ1n) is 6.37. The number of nitrogens with zero attached hydrogens (tertiary/aromatic N) is 2. The molecule has 0 aliphatic rings. The van der Waals surface area contributed by atoms with Gasteiger partial charge in [0.05, 0.1) is 12.3 Å². The SMILES string of the molecule is CCn1cc(C(O)Cc2c(C)cccc2C)cn1. The lowest BCUT2D eigenvalue weighted by Gasteiger charge is -2.13. The van der Waals surface area contributed by atoms with Crippen molar-refractivity contribution in [3.63, 3.8) is 0 Å². The van der Waals surface area contributed by atoms with Crippen molar-refractivity contribution in [2.24, 2.45) is 0 Å². The Morgan fingerprint density at radius 1 is 1.28 bits per heavy atom. The third kappa shape index (κ3) is 2.62. The van der Waals surface area contributed by atoms with E-state index in [-0.39, 0.29) is 0 Å². The van der Waals surface area contributed by atoms with E-state index >= 15 is 0 Å². The van der Waals surface area contributed by atoms with Crippen LogP contribution in [0.2, 0.25) is 0 Å². The van der Waals surface area contributed by atoms with E-state index in [4.69, 9.17) is 0 Å². The Morgan fingerprint density at radius 2 is 1.94 bits per heavy atom. The number of aliphatic hydroxyl groups is 1. The van der Waals surface area contributed by atoms with Gasteiger partial charge in [0.25, 0.3) is 0 Å². The van der Waals surface area contributed by atoms with Crippen LogP contribution in [0.5, 0.6) is 0 Å². The number of benzene rings is 1. The normalized spacial score (nSPS) is 12.7. The van der Waals surface area contributed by atoms with Crippen molar-refractivity contribution in [1.29, 1.82) is 0 Å². The summed E-state index contributed by atoms with van der Waals surface area (Å²) in [5, 5.41) is 14.5. The molecule has 0 saturated carbocycles. The monoisotopic (exact) mass is 244 g/mol. The average molecular weight is 244 g/mol. The van der Waals surface area contributed by atoms with Crippen LogP contribution < -0.4 is 0 Å². The molecule has 0 amide bonds. The number of aliphatic hydroxyl groups excluding tert-OH is 1. The first-order chi connectivity index (χ1) is 8.61. The zero-order valence-electron chi connectivity index (χ0n) is 11.2. The number of rotatable bonds is 4. The zero-order chi connectivity index (χ0) is 13.1. The molecule has 1 atom stereocenters. The highest BCUT2D eigenvalue weighted by atomic mass is 16.3. The molecule has 2 rings (SSSR count). The fraction of sp³-hybridized carbons (Fsp3) is 0.400. The van der Waals surface area contributed by atoms with Gasteiger partial charge >= 0.3 is 0 Å². The summed E-state index contributed by atoms with van der Waals surface area (Å²) in [6.07, 6.45) is 3.83. The van der Waals surface area contributed by atoms with Gasteiger partial charge in [0.1, 0.15) is 0 Å². The lowest BCUT2D eigenvalue weighted by molar-refractivity contribution is 0.178. The molecule has 0 saturated heterocycles. The van der Waals surface area contributed by atoms with Crippen molar-refractivity contribution in [3.8, 4) is 0 Å². The Balaban J connectivity index is 2.18. The fourth-order valence-corrected chi connectivity index (χ4v) is 2.21. The van der Waals surface area contributed by atoms with Crippen molar-refractivity contribution < 1.29 is 5.11 Å². The number of aryl methyl sites for hydroxylation is 3. The van der Waals surface area contributed by atoms with Crippen molar-refractivity contribution in [2.75, 3.05) is 0 Å². The van der Waals surface area contributed by atoms with Gasteiger partial charge in [0.15, 0.2) is 0 Å². The first kappa shape index (κ1) is 12.8. The lowest BCUT2D eigenvalue weighted by Crippen LogP contribution is -2.04. The smallest absolute Gasteiger partial charge is 0.0861 e. The highest BCUT2D eigenvalue weighted by Crippen LogP contribution is 2.22. The number of aromatic nitrogens is 2. The van der Waals surface area contributed by atoms with Crippen LogP contribution in [0.1, 0.15) is 35.3 Å². The molecule has 0 radical (unpaired) electrons. The minimum Gasteiger partial charge on any atom is -0.388 e. The molecule has 0 spiro atoms. The van der Waals surface area contributed by atoms with E-state index in [9.17, 15) is 5.11 Å². The van der Waals surface area contributed by atoms with E-state index in [2.05, 4.69) is 37.1 Å². The van der Waals surface area contributed by atoms with Crippen LogP contribution in [0.15, 0.2) is 30.6 Å². The third-order valence-electron chi connectivity index (χ3n) is 3.40. The van der Waals surface area contributed by atoms with Gasteiger partial charge in [-0.25, -0.2) is 0 Å². The summed E-state index contributed by atoms with van der Waals surface area (Å²) >= 11 is 0. The standard InChI is InChI=1S/C15H20N2O/c1-4-17-10-13(9-16-17)15(18)8-14-11(2)6-5-7-12(14)3/h5-7,9-10,15,18H,4,8H2,1-3H3. The van der Waals surface area contributed by atoms with Crippen molar-refractivity contribution in [3.05, 3.63) is 52.8 Å². The Hall–Kier alpha value is -1.61. The van der Waals surface area contributed by atoms with Gasteiger partial charge in [0.2, 0.25) is 0 Å². The molecule has 0 bridgehead atoms. The third-order valence-corrected chi connectivity index (χ3v) is 3.40. The Bertz CT molecular complexity index is 511. The summed E-state index contributed by atoms with van der Waals surface area (Å²) in [6.45, 7) is 7.04. The molecule has 1 N–H and O–H groups in total. The molecule has 1 unspecified atom stereocenters. The largest absolute Gasteiger partial charge is 0.388 e. The second-order valence-corrected chi connectivity index (χ2v) is 4.72. The molecule has 1 aromatic heterocycles. The van der Waals surface area contributed by atoms with Crippen LogP contribution in [0.25, 0.3) is 0 Å². The molecule has 3 nitrogen and oxygen atoms in total. The highest BCUT2D eigenvalue weighted by Gasteiger charge is 2.13. The summed E-state index contributed by atoms with van der Waals surface area (Å²) in [4.78, 5) is 0. The lowest BCUT2D eigenvalue weighted by atomic mass is 9.96. The van der Waals surface area contributed by atoms with Crippen molar-refractivity contribution in [2.45, 2.75) is 39.8 Å². The minimum atomic E-state index is -0.481. The first-order valence-corrected chi connectivity index (χ1v) is 6.37. The summed E-state index contributed by atoms with van der Waals surface area (Å²) in [5.41, 5.74) is 4.59. The van der Waals surface area contributed by atoms with Gasteiger partial charge in [-0.1, -0.05) is 18.2 Å². The maximum Gasteiger partial charge on any atom is 0.0861 e. The Labute approximate surface area is 108 Å². The minimum absolute atomic E-state index is 0.481. The van der Waals surface area contributed by atoms with Crippen LogP contribution in [0, 0.1) is 13.8 Å². The summed E-state index contributed by atoms with van der Waals surface area (Å²) in [7, 11) is 0. The van der Waals surface area contributed by atoms with Crippen molar-refractivity contribution >= 4 is 0 Å². The predicted octanol–water partition coefficient (Wildman–Crippen LogP) is 2.80. The van der Waals surface area contributed by atoms with E-state index in [1.54, 1.807) is 6.20 Å². The zero-order valence-corrected chi connectivity index (χ0v) is 11.2.